The molecule has 1 aliphatic heterocycles. The van der Waals surface area contributed by atoms with E-state index in [9.17, 15) is 14.4 Å². The van der Waals surface area contributed by atoms with Crippen LogP contribution in [0.1, 0.15) is 63.2 Å². The number of hydrogen-bond acceptors (Lipinski definition) is 5. The molecule has 1 aliphatic rings. The fraction of sp³-hybridized carbons (Fsp3) is 0.172. The van der Waals surface area contributed by atoms with E-state index in [0.29, 0.717) is 35.9 Å². The van der Waals surface area contributed by atoms with Crippen molar-refractivity contribution in [1.29, 1.82) is 0 Å². The molecule has 2 N–H and O–H groups in total. The molecule has 1 atom stereocenters. The first kappa shape index (κ1) is 24.0. The predicted octanol–water partition coefficient (Wildman–Crippen LogP) is 5.16. The molecule has 1 unspecified atom stereocenters. The minimum Gasteiger partial charge on any atom is -0.494 e. The fourth-order valence-corrected chi connectivity index (χ4v) is 4.36. The van der Waals surface area contributed by atoms with E-state index in [2.05, 4.69) is 15.3 Å². The number of imidazole rings is 1. The summed E-state index contributed by atoms with van der Waals surface area (Å²) in [5.41, 5.74) is 3.06. The number of benzene rings is 3. The van der Waals surface area contributed by atoms with Gasteiger partial charge in [0, 0.05) is 5.56 Å². The van der Waals surface area contributed by atoms with E-state index in [1.54, 1.807) is 36.5 Å². The Hall–Kier alpha value is -4.72. The molecule has 1 aromatic heterocycles. The lowest BCUT2D eigenvalue weighted by molar-refractivity contribution is 0.0920. The van der Waals surface area contributed by atoms with E-state index in [4.69, 9.17) is 4.74 Å². The van der Waals surface area contributed by atoms with Gasteiger partial charge in [-0.2, -0.15) is 0 Å². The van der Waals surface area contributed by atoms with Gasteiger partial charge < -0.3 is 15.0 Å². The number of ether oxygens (including phenoxy) is 1. The average molecular weight is 495 g/mol. The monoisotopic (exact) mass is 494 g/mol. The van der Waals surface area contributed by atoms with Gasteiger partial charge in [0.1, 0.15) is 11.6 Å². The SMILES string of the molecule is CCOc1ccc(N2C(=O)c3ccc(C(=O)NC(CC)c4ncc(-c5ccccc5)[nH]4)cc3C2=O)cc1. The summed E-state index contributed by atoms with van der Waals surface area (Å²) in [5, 5.41) is 2.99. The predicted molar refractivity (Wildman–Crippen MR) is 140 cm³/mol. The van der Waals surface area contributed by atoms with Crippen LogP contribution in [0.2, 0.25) is 0 Å². The van der Waals surface area contributed by atoms with Gasteiger partial charge in [-0.25, -0.2) is 9.88 Å². The summed E-state index contributed by atoms with van der Waals surface area (Å²) >= 11 is 0. The number of nitrogens with one attached hydrogen (secondary N) is 2. The summed E-state index contributed by atoms with van der Waals surface area (Å²) in [6.45, 7) is 4.35. The molecule has 0 saturated carbocycles. The Labute approximate surface area is 214 Å². The summed E-state index contributed by atoms with van der Waals surface area (Å²) in [6, 6.07) is 20.8. The maximum atomic E-state index is 13.2. The topological polar surface area (TPSA) is 104 Å². The van der Waals surface area contributed by atoms with Crippen LogP contribution in [-0.2, 0) is 0 Å². The number of anilines is 1. The molecule has 8 nitrogen and oxygen atoms in total. The third-order valence-corrected chi connectivity index (χ3v) is 6.28. The Morgan fingerprint density at radius 3 is 2.41 bits per heavy atom. The van der Waals surface area contributed by atoms with Crippen LogP contribution >= 0.6 is 0 Å². The third-order valence-electron chi connectivity index (χ3n) is 6.28. The second-order valence-electron chi connectivity index (χ2n) is 8.62. The summed E-state index contributed by atoms with van der Waals surface area (Å²) < 4.78 is 5.44. The number of rotatable bonds is 8. The van der Waals surface area contributed by atoms with Crippen molar-refractivity contribution in [3.63, 3.8) is 0 Å². The van der Waals surface area contributed by atoms with Crippen molar-refractivity contribution in [3.05, 3.63) is 102 Å². The van der Waals surface area contributed by atoms with Crippen LogP contribution in [0, 0.1) is 0 Å². The van der Waals surface area contributed by atoms with Crippen LogP contribution in [-0.4, -0.2) is 34.3 Å². The van der Waals surface area contributed by atoms with Crippen molar-refractivity contribution < 1.29 is 19.1 Å². The quantitative estimate of drug-likeness (QED) is 0.330. The van der Waals surface area contributed by atoms with E-state index in [0.717, 1.165) is 16.2 Å². The number of aromatic nitrogens is 2. The van der Waals surface area contributed by atoms with E-state index < -0.39 is 11.8 Å². The highest BCUT2D eigenvalue weighted by molar-refractivity contribution is 6.34. The molecule has 0 aliphatic carbocycles. The number of carbonyl (C=O) groups excluding carboxylic acids is 3. The van der Waals surface area contributed by atoms with Gasteiger partial charge >= 0.3 is 0 Å². The second-order valence-corrected chi connectivity index (χ2v) is 8.62. The van der Waals surface area contributed by atoms with Crippen LogP contribution in [0.5, 0.6) is 5.75 Å². The summed E-state index contributed by atoms with van der Waals surface area (Å²) in [5.74, 6) is 0.0478. The summed E-state index contributed by atoms with van der Waals surface area (Å²) in [4.78, 5) is 48.1. The molecule has 2 heterocycles. The molecular formula is C29H26N4O4. The number of nitrogens with zero attached hydrogens (tertiary/aromatic N) is 2. The second kappa shape index (κ2) is 10.1. The van der Waals surface area contributed by atoms with Crippen molar-refractivity contribution in [2.45, 2.75) is 26.3 Å². The van der Waals surface area contributed by atoms with Gasteiger partial charge in [-0.15, -0.1) is 0 Å². The molecule has 0 bridgehead atoms. The number of aromatic amines is 1. The van der Waals surface area contributed by atoms with E-state index in [1.807, 2.05) is 44.2 Å². The maximum absolute atomic E-state index is 13.2. The molecule has 5 rings (SSSR count). The highest BCUT2D eigenvalue weighted by atomic mass is 16.5. The lowest BCUT2D eigenvalue weighted by Crippen LogP contribution is -2.29. The van der Waals surface area contributed by atoms with Crippen molar-refractivity contribution in [2.24, 2.45) is 0 Å². The first-order chi connectivity index (χ1) is 18.0. The minimum atomic E-state index is -0.468. The van der Waals surface area contributed by atoms with Crippen molar-refractivity contribution >= 4 is 23.4 Å². The van der Waals surface area contributed by atoms with Crippen LogP contribution in [0.25, 0.3) is 11.3 Å². The highest BCUT2D eigenvalue weighted by Gasteiger charge is 2.37. The molecule has 8 heteroatoms. The Morgan fingerprint density at radius 1 is 0.973 bits per heavy atom. The van der Waals surface area contributed by atoms with Crippen LogP contribution in [0.15, 0.2) is 79.0 Å². The maximum Gasteiger partial charge on any atom is 0.266 e. The highest BCUT2D eigenvalue weighted by Crippen LogP contribution is 2.30. The van der Waals surface area contributed by atoms with E-state index in [1.165, 1.54) is 12.1 Å². The molecule has 0 saturated heterocycles. The Kier molecular flexibility index (Phi) is 6.55. The van der Waals surface area contributed by atoms with Gasteiger partial charge in [-0.05, 0) is 61.4 Å². The van der Waals surface area contributed by atoms with Crippen molar-refractivity contribution in [2.75, 3.05) is 11.5 Å². The van der Waals surface area contributed by atoms with Gasteiger partial charge in [0.25, 0.3) is 17.7 Å². The van der Waals surface area contributed by atoms with Crippen molar-refractivity contribution in [1.82, 2.24) is 15.3 Å². The number of amides is 3. The number of H-pyrrole nitrogens is 1. The smallest absolute Gasteiger partial charge is 0.266 e. The van der Waals surface area contributed by atoms with Gasteiger partial charge in [-0.1, -0.05) is 37.3 Å². The van der Waals surface area contributed by atoms with E-state index in [-0.39, 0.29) is 23.1 Å². The largest absolute Gasteiger partial charge is 0.494 e. The van der Waals surface area contributed by atoms with Crippen LogP contribution < -0.4 is 15.0 Å². The minimum absolute atomic E-state index is 0.198. The normalized spacial score (nSPS) is 13.4. The molecule has 0 radical (unpaired) electrons. The number of fused-ring (bicyclic) bond motifs is 1. The summed E-state index contributed by atoms with van der Waals surface area (Å²) in [7, 11) is 0. The number of carbonyl (C=O) groups is 3. The molecule has 186 valence electrons. The summed E-state index contributed by atoms with van der Waals surface area (Å²) in [6.07, 6.45) is 2.36. The lowest BCUT2D eigenvalue weighted by atomic mass is 10.0. The fourth-order valence-electron chi connectivity index (χ4n) is 4.36. The molecule has 4 aromatic rings. The zero-order valence-corrected chi connectivity index (χ0v) is 20.5. The Bertz CT molecular complexity index is 1460. The van der Waals surface area contributed by atoms with E-state index >= 15 is 0 Å². The molecule has 3 amide bonds. The molecule has 3 aromatic carbocycles. The third kappa shape index (κ3) is 4.61. The zero-order chi connectivity index (χ0) is 25.9. The lowest BCUT2D eigenvalue weighted by Gasteiger charge is -2.15. The first-order valence-electron chi connectivity index (χ1n) is 12.2. The van der Waals surface area contributed by atoms with Crippen molar-refractivity contribution in [3.8, 4) is 17.0 Å². The number of hydrogen-bond donors (Lipinski definition) is 2. The van der Waals surface area contributed by atoms with Crippen LogP contribution in [0.4, 0.5) is 5.69 Å². The standard InChI is InChI=1S/C29H26N4O4/c1-3-24(26-30-17-25(31-26)18-8-6-5-7-9-18)32-27(34)19-10-15-22-23(16-19)29(36)33(28(22)35)20-11-13-21(14-12-20)37-4-2/h5-17,24H,3-4H2,1-2H3,(H,30,31)(H,32,34). The van der Waals surface area contributed by atoms with Gasteiger partial charge in [0.2, 0.25) is 0 Å². The molecule has 37 heavy (non-hydrogen) atoms. The Balaban J connectivity index is 1.34. The Morgan fingerprint density at radius 2 is 1.70 bits per heavy atom. The van der Waals surface area contributed by atoms with Gasteiger partial charge in [-0.3, -0.25) is 14.4 Å². The average Bonchev–Trinajstić information content (AvgIpc) is 3.51. The molecule has 0 spiro atoms. The first-order valence-corrected chi connectivity index (χ1v) is 12.2. The zero-order valence-electron chi connectivity index (χ0n) is 20.5. The van der Waals surface area contributed by atoms with Crippen LogP contribution in [0.3, 0.4) is 0 Å². The molecule has 0 fully saturated rings. The van der Waals surface area contributed by atoms with Gasteiger partial charge in [0.15, 0.2) is 0 Å². The van der Waals surface area contributed by atoms with Gasteiger partial charge in [0.05, 0.1) is 41.4 Å². The molecular weight excluding hydrogens is 468 g/mol. The number of imide groups is 1.